The Morgan fingerprint density at radius 3 is 2.68 bits per heavy atom. The van der Waals surface area contributed by atoms with Gasteiger partial charge < -0.3 is 14.6 Å². The summed E-state index contributed by atoms with van der Waals surface area (Å²) in [4.78, 5) is 15.0. The maximum absolute atomic E-state index is 14.6. The molecule has 1 aliphatic heterocycles. The molecular weight excluding hydrogens is 500 g/mol. The molecule has 0 bridgehead atoms. The number of aliphatic hydroxyl groups excluding tert-OH is 1. The average Bonchev–Trinajstić information content (AvgIpc) is 3.06. The van der Waals surface area contributed by atoms with Gasteiger partial charge in [-0.05, 0) is 43.4 Å². The van der Waals surface area contributed by atoms with Crippen LogP contribution in [0.5, 0.6) is 0 Å². The lowest BCUT2D eigenvalue weighted by atomic mass is 9.92. The highest BCUT2D eigenvalue weighted by Gasteiger charge is 2.41. The highest BCUT2D eigenvalue weighted by Crippen LogP contribution is 2.40. The minimum Gasteiger partial charge on any atom is -0.464 e. The second-order valence-corrected chi connectivity index (χ2v) is 10.8. The highest BCUT2D eigenvalue weighted by molar-refractivity contribution is 7.99. The van der Waals surface area contributed by atoms with E-state index in [-0.39, 0.29) is 24.2 Å². The second kappa shape index (κ2) is 14.7. The Morgan fingerprint density at radius 1 is 1.21 bits per heavy atom. The number of halogens is 3. The van der Waals surface area contributed by atoms with E-state index < -0.39 is 12.3 Å². The number of allylic oxidation sites excluding steroid dienone is 2. The van der Waals surface area contributed by atoms with Gasteiger partial charge in [0.1, 0.15) is 12.8 Å². The number of unbranched alkanes of at least 4 members (excludes halogenated alkanes) is 1. The molecule has 0 radical (unpaired) electrons. The van der Waals surface area contributed by atoms with Gasteiger partial charge in [-0.3, -0.25) is 9.69 Å². The van der Waals surface area contributed by atoms with E-state index in [9.17, 15) is 14.3 Å². The van der Waals surface area contributed by atoms with Crippen LogP contribution in [0.2, 0.25) is 10.0 Å². The second-order valence-electron chi connectivity index (χ2n) is 8.84. The van der Waals surface area contributed by atoms with Gasteiger partial charge in [-0.1, -0.05) is 35.4 Å². The lowest BCUT2D eigenvalue weighted by molar-refractivity contribution is -0.144. The van der Waals surface area contributed by atoms with Gasteiger partial charge >= 0.3 is 5.97 Å². The Balaban J connectivity index is 1.33. The van der Waals surface area contributed by atoms with Gasteiger partial charge in [0.2, 0.25) is 0 Å². The number of carbonyl (C=O) groups excluding carboxylic acids is 1. The zero-order valence-corrected chi connectivity index (χ0v) is 21.7. The third-order valence-electron chi connectivity index (χ3n) is 6.35. The highest BCUT2D eigenvalue weighted by atomic mass is 35.5. The maximum Gasteiger partial charge on any atom is 0.305 e. The summed E-state index contributed by atoms with van der Waals surface area (Å²) in [6.07, 6.45) is 4.88. The number of thioether (sulfide) groups is 1. The van der Waals surface area contributed by atoms with Crippen molar-refractivity contribution in [2.24, 2.45) is 11.8 Å². The predicted molar refractivity (Wildman–Crippen MR) is 136 cm³/mol. The van der Waals surface area contributed by atoms with E-state index in [4.69, 9.17) is 32.7 Å². The number of hydrogen-bond acceptors (Lipinski definition) is 6. The molecule has 2 fully saturated rings. The molecule has 0 spiro atoms. The Labute approximate surface area is 216 Å². The van der Waals surface area contributed by atoms with E-state index in [2.05, 4.69) is 4.90 Å². The summed E-state index contributed by atoms with van der Waals surface area (Å²) in [7, 11) is 0. The standard InChI is InChI=1S/C25H34Cl2FNO4S/c26-18-13-19(27)15-20(14-18)34-17-22-21(23(28)16-24(22)30)5-3-1-2-4-6-25(31)33-12-9-29-7-10-32-11-8-29/h1,3,13-15,21-24,30H,2,4-12,16-17H2/t21-,22-,23?,24?/m1/s1. The molecule has 34 heavy (non-hydrogen) atoms. The minimum absolute atomic E-state index is 0.135. The Morgan fingerprint density at radius 2 is 1.94 bits per heavy atom. The summed E-state index contributed by atoms with van der Waals surface area (Å²) >= 11 is 13.7. The molecule has 1 aliphatic carbocycles. The fourth-order valence-corrected chi connectivity index (χ4v) is 6.35. The van der Waals surface area contributed by atoms with Gasteiger partial charge in [-0.2, -0.15) is 0 Å². The van der Waals surface area contributed by atoms with Crippen molar-refractivity contribution in [2.75, 3.05) is 45.2 Å². The molecular formula is C25H34Cl2FNO4S. The molecule has 1 N–H and O–H groups in total. The first-order valence-corrected chi connectivity index (χ1v) is 13.7. The third-order valence-corrected chi connectivity index (χ3v) is 7.91. The van der Waals surface area contributed by atoms with Crippen LogP contribution >= 0.6 is 35.0 Å². The van der Waals surface area contributed by atoms with Crippen molar-refractivity contribution in [1.29, 1.82) is 0 Å². The van der Waals surface area contributed by atoms with E-state index in [1.165, 1.54) is 0 Å². The number of rotatable bonds is 12. The molecule has 5 nitrogen and oxygen atoms in total. The van der Waals surface area contributed by atoms with Crippen molar-refractivity contribution in [2.45, 2.75) is 49.3 Å². The number of nitrogens with zero attached hydrogens (tertiary/aromatic N) is 1. The van der Waals surface area contributed by atoms with E-state index in [0.717, 1.165) is 44.2 Å². The number of ether oxygens (including phenoxy) is 2. The van der Waals surface area contributed by atoms with Crippen LogP contribution in [-0.2, 0) is 14.3 Å². The summed E-state index contributed by atoms with van der Waals surface area (Å²) < 4.78 is 25.2. The largest absolute Gasteiger partial charge is 0.464 e. The molecule has 1 saturated heterocycles. The summed E-state index contributed by atoms with van der Waals surface area (Å²) in [5, 5.41) is 11.5. The number of aliphatic hydroxyl groups is 1. The van der Waals surface area contributed by atoms with Gasteiger partial charge in [0.15, 0.2) is 0 Å². The van der Waals surface area contributed by atoms with E-state index >= 15 is 0 Å². The van der Waals surface area contributed by atoms with Crippen molar-refractivity contribution in [3.63, 3.8) is 0 Å². The molecule has 190 valence electrons. The average molecular weight is 535 g/mol. The van der Waals surface area contributed by atoms with Crippen LogP contribution in [0.1, 0.15) is 32.1 Å². The van der Waals surface area contributed by atoms with Crippen molar-refractivity contribution in [3.8, 4) is 0 Å². The van der Waals surface area contributed by atoms with E-state index in [0.29, 0.717) is 41.7 Å². The van der Waals surface area contributed by atoms with Crippen molar-refractivity contribution in [3.05, 3.63) is 40.4 Å². The van der Waals surface area contributed by atoms with Crippen LogP contribution in [-0.4, -0.2) is 73.5 Å². The van der Waals surface area contributed by atoms with Gasteiger partial charge in [-0.25, -0.2) is 4.39 Å². The number of esters is 1. The first-order chi connectivity index (χ1) is 16.4. The smallest absolute Gasteiger partial charge is 0.305 e. The van der Waals surface area contributed by atoms with Crippen molar-refractivity contribution < 1.29 is 23.8 Å². The molecule has 4 atom stereocenters. The fraction of sp³-hybridized carbons (Fsp3) is 0.640. The van der Waals surface area contributed by atoms with Crippen LogP contribution < -0.4 is 0 Å². The van der Waals surface area contributed by atoms with Crippen LogP contribution in [0, 0.1) is 11.8 Å². The normalized spacial score (nSPS) is 25.8. The Kier molecular flexibility index (Phi) is 12.0. The predicted octanol–water partition coefficient (Wildman–Crippen LogP) is 5.41. The number of carbonyl (C=O) groups is 1. The topological polar surface area (TPSA) is 59.0 Å². The zero-order valence-electron chi connectivity index (χ0n) is 19.3. The molecule has 0 amide bonds. The monoisotopic (exact) mass is 533 g/mol. The van der Waals surface area contributed by atoms with Crippen LogP contribution in [0.25, 0.3) is 0 Å². The third kappa shape index (κ3) is 9.32. The number of hydrogen-bond donors (Lipinski definition) is 1. The first-order valence-electron chi connectivity index (χ1n) is 11.9. The molecule has 1 saturated carbocycles. The summed E-state index contributed by atoms with van der Waals surface area (Å²) in [6.45, 7) is 4.40. The van der Waals surface area contributed by atoms with Gasteiger partial charge in [-0.15, -0.1) is 11.8 Å². The lowest BCUT2D eigenvalue weighted by Crippen LogP contribution is -2.38. The molecule has 1 heterocycles. The maximum atomic E-state index is 14.6. The summed E-state index contributed by atoms with van der Waals surface area (Å²) in [6, 6.07) is 5.33. The van der Waals surface area contributed by atoms with Crippen molar-refractivity contribution >= 4 is 40.9 Å². The summed E-state index contributed by atoms with van der Waals surface area (Å²) in [5.41, 5.74) is 0. The van der Waals surface area contributed by atoms with Gasteiger partial charge in [0, 0.05) is 59.1 Å². The molecule has 1 aromatic rings. The molecule has 9 heteroatoms. The van der Waals surface area contributed by atoms with E-state index in [1.807, 2.05) is 24.3 Å². The molecule has 2 unspecified atom stereocenters. The Hall–Kier alpha value is -0.830. The summed E-state index contributed by atoms with van der Waals surface area (Å²) in [5.74, 6) is 0.0672. The van der Waals surface area contributed by atoms with Crippen LogP contribution in [0.15, 0.2) is 35.2 Å². The number of morpholine rings is 1. The SMILES string of the molecule is O=C(CCCC=CC[C@H]1C(F)CC(O)[C@@H]1CSc1cc(Cl)cc(Cl)c1)OCCN1CCOCC1. The van der Waals surface area contributed by atoms with Gasteiger partial charge in [0.25, 0.3) is 0 Å². The quantitative estimate of drug-likeness (QED) is 0.168. The van der Waals surface area contributed by atoms with Gasteiger partial charge in [0.05, 0.1) is 19.3 Å². The molecule has 3 rings (SSSR count). The number of benzene rings is 1. The fourth-order valence-electron chi connectivity index (χ4n) is 4.42. The molecule has 1 aromatic carbocycles. The zero-order chi connectivity index (χ0) is 24.3. The molecule has 0 aromatic heterocycles. The molecule has 2 aliphatic rings. The van der Waals surface area contributed by atoms with Crippen molar-refractivity contribution in [1.82, 2.24) is 4.90 Å². The van der Waals surface area contributed by atoms with Crippen LogP contribution in [0.4, 0.5) is 4.39 Å². The lowest BCUT2D eigenvalue weighted by Gasteiger charge is -2.26. The minimum atomic E-state index is -1.02. The Bertz CT molecular complexity index is 789. The van der Waals surface area contributed by atoms with Crippen LogP contribution in [0.3, 0.4) is 0 Å². The number of alkyl halides is 1. The van der Waals surface area contributed by atoms with E-state index in [1.54, 1.807) is 17.8 Å². The first kappa shape index (κ1) is 27.8.